The van der Waals surface area contributed by atoms with Crippen LogP contribution in [0.3, 0.4) is 0 Å². The van der Waals surface area contributed by atoms with Crippen LogP contribution in [0.25, 0.3) is 33.4 Å². The van der Waals surface area contributed by atoms with Crippen molar-refractivity contribution in [3.8, 4) is 33.4 Å². The molecule has 0 amide bonds. The number of hydrogen-bond acceptors (Lipinski definition) is 6. The molecule has 56 heavy (non-hydrogen) atoms. The first-order valence-electron chi connectivity index (χ1n) is 16.7. The summed E-state index contributed by atoms with van der Waals surface area (Å²) in [6.07, 6.45) is 0. The number of carboxylic acids is 6. The number of hydrogen-bond donors (Lipinski definition) is 6. The Labute approximate surface area is 318 Å². The molecule has 0 bridgehead atoms. The second kappa shape index (κ2) is 15.0. The van der Waals surface area contributed by atoms with Gasteiger partial charge in [-0.2, -0.15) is 0 Å². The third kappa shape index (κ3) is 7.55. The molecular weight excluding hydrogens is 737 g/mol. The highest BCUT2D eigenvalue weighted by atomic mass is 28.3. The Kier molecular flexibility index (Phi) is 10.2. The van der Waals surface area contributed by atoms with Crippen molar-refractivity contribution in [2.45, 2.75) is 6.55 Å². The van der Waals surface area contributed by atoms with E-state index in [4.69, 9.17) is 0 Å². The summed E-state index contributed by atoms with van der Waals surface area (Å²) in [6.45, 7) is 2.08. The van der Waals surface area contributed by atoms with Gasteiger partial charge in [0.1, 0.15) is 8.07 Å². The third-order valence-electron chi connectivity index (χ3n) is 9.67. The van der Waals surface area contributed by atoms with Crippen molar-refractivity contribution < 1.29 is 59.4 Å². The lowest BCUT2D eigenvalue weighted by molar-refractivity contribution is 0.0676. The van der Waals surface area contributed by atoms with Crippen molar-refractivity contribution in [2.75, 3.05) is 0 Å². The van der Waals surface area contributed by atoms with Gasteiger partial charge in [-0.1, -0.05) is 79.3 Å². The topological polar surface area (TPSA) is 224 Å². The van der Waals surface area contributed by atoms with E-state index in [9.17, 15) is 59.4 Å². The first kappa shape index (κ1) is 38.1. The first-order valence-corrected chi connectivity index (χ1v) is 19.2. The molecule has 6 aromatic rings. The van der Waals surface area contributed by atoms with E-state index in [-0.39, 0.29) is 33.4 Å². The summed E-state index contributed by atoms with van der Waals surface area (Å²) in [7, 11) is -2.99. The van der Waals surface area contributed by atoms with Crippen LogP contribution >= 0.6 is 0 Å². The van der Waals surface area contributed by atoms with Crippen molar-refractivity contribution in [2.24, 2.45) is 0 Å². The quantitative estimate of drug-likeness (QED) is 0.0626. The van der Waals surface area contributed by atoms with Gasteiger partial charge in [-0.25, -0.2) is 28.8 Å². The second-order valence-corrected chi connectivity index (χ2v) is 17.1. The lowest BCUT2D eigenvalue weighted by atomic mass is 9.99. The molecule has 13 heteroatoms. The van der Waals surface area contributed by atoms with Gasteiger partial charge in [-0.05, 0) is 104 Å². The maximum atomic E-state index is 11.8. The van der Waals surface area contributed by atoms with Gasteiger partial charge in [-0.15, -0.1) is 0 Å². The Morgan fingerprint density at radius 3 is 0.643 bits per heavy atom. The Morgan fingerprint density at radius 1 is 0.304 bits per heavy atom. The molecule has 0 atom stereocenters. The molecule has 0 aromatic heterocycles. The Bertz CT molecular complexity index is 2210. The SMILES string of the molecule is C[Si](c1ccc(-c2cc(C(=O)O)cc(C(=O)O)c2)cc1)(c1ccc(-c2cc(C(=O)O)cc(C(=O)O)c2)cc1)c1ccc(-c2cc(C(=O)O)cc(C(=O)O)c2)cc1. The fourth-order valence-corrected chi connectivity index (χ4v) is 10.1. The van der Waals surface area contributed by atoms with E-state index in [2.05, 4.69) is 6.55 Å². The monoisotopic (exact) mass is 766 g/mol. The summed E-state index contributed by atoms with van der Waals surface area (Å²) in [5, 5.41) is 60.3. The average molecular weight is 767 g/mol. The first-order chi connectivity index (χ1) is 26.5. The molecule has 6 N–H and O–H groups in total. The molecule has 6 rings (SSSR count). The smallest absolute Gasteiger partial charge is 0.335 e. The lowest BCUT2D eigenvalue weighted by Crippen LogP contribution is -2.64. The van der Waals surface area contributed by atoms with Crippen LogP contribution in [0.5, 0.6) is 0 Å². The van der Waals surface area contributed by atoms with E-state index in [0.29, 0.717) is 33.4 Å². The number of carboxylic acid groups (broad SMARTS) is 6. The molecule has 0 aliphatic heterocycles. The van der Waals surface area contributed by atoms with E-state index in [1.807, 2.05) is 36.4 Å². The molecule has 0 saturated carbocycles. The number of carbonyl (C=O) groups is 6. The van der Waals surface area contributed by atoms with Crippen LogP contribution < -0.4 is 15.6 Å². The van der Waals surface area contributed by atoms with Crippen LogP contribution in [0.1, 0.15) is 62.1 Å². The maximum Gasteiger partial charge on any atom is 0.335 e. The molecule has 0 heterocycles. The predicted molar refractivity (Wildman–Crippen MR) is 208 cm³/mol. The van der Waals surface area contributed by atoms with Gasteiger partial charge >= 0.3 is 35.8 Å². The van der Waals surface area contributed by atoms with Crippen LogP contribution in [0.4, 0.5) is 0 Å². The zero-order chi connectivity index (χ0) is 40.5. The van der Waals surface area contributed by atoms with E-state index in [1.165, 1.54) is 36.4 Å². The Morgan fingerprint density at radius 2 is 0.482 bits per heavy atom. The summed E-state index contributed by atoms with van der Waals surface area (Å²) in [4.78, 5) is 70.7. The van der Waals surface area contributed by atoms with Gasteiger partial charge in [0, 0.05) is 0 Å². The fourth-order valence-electron chi connectivity index (χ4n) is 6.61. The molecule has 0 spiro atoms. The van der Waals surface area contributed by atoms with E-state index in [0.717, 1.165) is 33.8 Å². The second-order valence-electron chi connectivity index (χ2n) is 13.1. The minimum absolute atomic E-state index is 0.183. The standard InChI is InChI=1S/C43H30O12Si/c1-56(35-8-2-23(3-9-35)26-14-29(38(44)45)20-30(15-26)39(46)47,36-10-4-24(5-11-36)27-16-31(40(48)49)21-32(17-27)41(50)51)37-12-6-25(7-13-37)28-18-33(42(52)53)22-34(19-28)43(54)55/h2-22H,1H3,(H,44,45)(H,46,47)(H,48,49)(H,50,51)(H,52,53)(H,54,55). The minimum atomic E-state index is -2.99. The largest absolute Gasteiger partial charge is 0.478 e. The molecule has 6 aromatic carbocycles. The zero-order valence-corrected chi connectivity index (χ0v) is 30.3. The highest BCUT2D eigenvalue weighted by Gasteiger charge is 2.34. The Balaban J connectivity index is 1.48. The highest BCUT2D eigenvalue weighted by Crippen LogP contribution is 2.27. The van der Waals surface area contributed by atoms with E-state index < -0.39 is 43.9 Å². The van der Waals surface area contributed by atoms with Crippen LogP contribution in [-0.4, -0.2) is 74.5 Å². The van der Waals surface area contributed by atoms with Crippen molar-refractivity contribution >= 4 is 59.4 Å². The normalized spacial score (nSPS) is 11.1. The molecule has 0 saturated heterocycles. The molecule has 0 aliphatic rings. The number of benzene rings is 6. The van der Waals surface area contributed by atoms with Crippen LogP contribution in [0, 0.1) is 0 Å². The Hall–Kier alpha value is -7.64. The van der Waals surface area contributed by atoms with Gasteiger partial charge < -0.3 is 30.6 Å². The molecule has 0 fully saturated rings. The van der Waals surface area contributed by atoms with Crippen LogP contribution in [0.2, 0.25) is 6.55 Å². The van der Waals surface area contributed by atoms with Gasteiger partial charge in [-0.3, -0.25) is 0 Å². The van der Waals surface area contributed by atoms with Gasteiger partial charge in [0.25, 0.3) is 0 Å². The van der Waals surface area contributed by atoms with Crippen LogP contribution in [-0.2, 0) is 0 Å². The predicted octanol–water partition coefficient (Wildman–Crippen LogP) is 5.98. The summed E-state index contributed by atoms with van der Waals surface area (Å²) in [5.41, 5.74) is 1.78. The van der Waals surface area contributed by atoms with Crippen LogP contribution in [0.15, 0.2) is 127 Å². The summed E-state index contributed by atoms with van der Waals surface area (Å²) < 4.78 is 0. The molecular formula is C43H30O12Si. The average Bonchev–Trinajstić information content (AvgIpc) is 3.20. The number of rotatable bonds is 12. The molecule has 0 unspecified atom stereocenters. The molecule has 0 radical (unpaired) electrons. The van der Waals surface area contributed by atoms with Gasteiger partial charge in [0.15, 0.2) is 0 Å². The molecule has 278 valence electrons. The van der Waals surface area contributed by atoms with Crippen molar-refractivity contribution in [1.29, 1.82) is 0 Å². The van der Waals surface area contributed by atoms with Crippen molar-refractivity contribution in [1.82, 2.24) is 0 Å². The van der Waals surface area contributed by atoms with E-state index in [1.54, 1.807) is 36.4 Å². The van der Waals surface area contributed by atoms with Gasteiger partial charge in [0.2, 0.25) is 0 Å². The third-order valence-corrected chi connectivity index (χ3v) is 14.1. The summed E-state index contributed by atoms with van der Waals surface area (Å²) in [5.74, 6) is -7.66. The van der Waals surface area contributed by atoms with Crippen molar-refractivity contribution in [3.05, 3.63) is 161 Å². The van der Waals surface area contributed by atoms with E-state index >= 15 is 0 Å². The van der Waals surface area contributed by atoms with Crippen molar-refractivity contribution in [3.63, 3.8) is 0 Å². The summed E-state index contributed by atoms with van der Waals surface area (Å²) in [6, 6.07) is 33.5. The molecule has 12 nitrogen and oxygen atoms in total. The lowest BCUT2D eigenvalue weighted by Gasteiger charge is -2.30. The minimum Gasteiger partial charge on any atom is -0.478 e. The number of aromatic carboxylic acids is 6. The fraction of sp³-hybridized carbons (Fsp3) is 0.0233. The maximum absolute atomic E-state index is 11.8. The zero-order valence-electron chi connectivity index (χ0n) is 29.3. The van der Waals surface area contributed by atoms with Gasteiger partial charge in [0.05, 0.1) is 33.4 Å². The molecule has 0 aliphatic carbocycles. The summed E-state index contributed by atoms with van der Waals surface area (Å²) >= 11 is 0. The highest BCUT2D eigenvalue weighted by molar-refractivity contribution is 7.10.